The number of aliphatic carboxylic acids is 1. The lowest BCUT2D eigenvalue weighted by atomic mass is 9.95. The lowest BCUT2D eigenvalue weighted by molar-refractivity contribution is -0.131. The van der Waals surface area contributed by atoms with Crippen LogP contribution in [0.2, 0.25) is 0 Å². The molecule has 0 saturated carbocycles. The molecule has 1 N–H and O–H groups in total. The third-order valence-electron chi connectivity index (χ3n) is 2.35. The van der Waals surface area contributed by atoms with E-state index in [2.05, 4.69) is 0 Å². The molecule has 0 aromatic rings. The summed E-state index contributed by atoms with van der Waals surface area (Å²) < 4.78 is 5.07. The van der Waals surface area contributed by atoms with Gasteiger partial charge in [-0.25, -0.2) is 4.79 Å². The van der Waals surface area contributed by atoms with Crippen LogP contribution in [0.25, 0.3) is 0 Å². The van der Waals surface area contributed by atoms with E-state index in [0.29, 0.717) is 12.2 Å². The standard InChI is InChI=1S/C11H14O4S/c1-6-4-10(14)16-7(2)11(6)8(15-3)5-9(12)13/h5-6H,4H2,1-3H3,(H,12,13)/b8-5+. The SMILES string of the molecule is CO/C(=C/C(=O)O)C1=C(C)SC(=O)CC1C. The summed E-state index contributed by atoms with van der Waals surface area (Å²) in [6.07, 6.45) is 1.45. The van der Waals surface area contributed by atoms with E-state index in [9.17, 15) is 9.59 Å². The van der Waals surface area contributed by atoms with Gasteiger partial charge in [0, 0.05) is 12.0 Å². The zero-order valence-corrected chi connectivity index (χ0v) is 10.3. The smallest absolute Gasteiger partial charge is 0.332 e. The topological polar surface area (TPSA) is 63.6 Å². The largest absolute Gasteiger partial charge is 0.496 e. The van der Waals surface area contributed by atoms with Gasteiger partial charge in [-0.1, -0.05) is 18.7 Å². The van der Waals surface area contributed by atoms with Crippen LogP contribution in [0.1, 0.15) is 20.3 Å². The van der Waals surface area contributed by atoms with Crippen molar-refractivity contribution in [2.75, 3.05) is 7.11 Å². The Bertz CT molecular complexity index is 381. The van der Waals surface area contributed by atoms with Crippen LogP contribution >= 0.6 is 11.8 Å². The summed E-state index contributed by atoms with van der Waals surface area (Å²) in [4.78, 5) is 22.8. The molecule has 0 aliphatic carbocycles. The second-order valence-electron chi connectivity index (χ2n) is 3.60. The molecule has 0 fully saturated rings. The zero-order valence-electron chi connectivity index (χ0n) is 9.44. The van der Waals surface area contributed by atoms with Gasteiger partial charge < -0.3 is 9.84 Å². The van der Waals surface area contributed by atoms with E-state index in [4.69, 9.17) is 9.84 Å². The Hall–Kier alpha value is -1.23. The molecule has 88 valence electrons. The average Bonchev–Trinajstić information content (AvgIpc) is 2.13. The fourth-order valence-corrected chi connectivity index (χ4v) is 2.83. The minimum Gasteiger partial charge on any atom is -0.496 e. The van der Waals surface area contributed by atoms with Crippen LogP contribution in [-0.2, 0) is 14.3 Å². The van der Waals surface area contributed by atoms with Crippen LogP contribution in [-0.4, -0.2) is 23.3 Å². The van der Waals surface area contributed by atoms with E-state index >= 15 is 0 Å². The van der Waals surface area contributed by atoms with E-state index in [1.807, 2.05) is 13.8 Å². The van der Waals surface area contributed by atoms with Gasteiger partial charge in [-0.2, -0.15) is 0 Å². The van der Waals surface area contributed by atoms with Gasteiger partial charge in [0.1, 0.15) is 5.76 Å². The van der Waals surface area contributed by atoms with Crippen LogP contribution in [0.15, 0.2) is 22.3 Å². The van der Waals surface area contributed by atoms with Gasteiger partial charge in [0.05, 0.1) is 13.2 Å². The zero-order chi connectivity index (χ0) is 12.3. The molecule has 1 unspecified atom stereocenters. The maximum Gasteiger partial charge on any atom is 0.332 e. The normalized spacial score (nSPS) is 22.3. The molecule has 0 bridgehead atoms. The summed E-state index contributed by atoms with van der Waals surface area (Å²) in [5.41, 5.74) is 0.814. The van der Waals surface area contributed by atoms with Crippen LogP contribution in [0.4, 0.5) is 0 Å². The van der Waals surface area contributed by atoms with E-state index in [1.165, 1.54) is 7.11 Å². The highest BCUT2D eigenvalue weighted by atomic mass is 32.2. The minimum absolute atomic E-state index is 0.000648. The van der Waals surface area contributed by atoms with Crippen molar-refractivity contribution in [3.05, 3.63) is 22.3 Å². The lowest BCUT2D eigenvalue weighted by Crippen LogP contribution is -2.15. The fourth-order valence-electron chi connectivity index (χ4n) is 1.74. The molecule has 0 aromatic heterocycles. The number of carboxylic acids is 1. The molecule has 1 heterocycles. The summed E-state index contributed by atoms with van der Waals surface area (Å²) in [5.74, 6) is -0.719. The first-order valence-electron chi connectivity index (χ1n) is 4.86. The lowest BCUT2D eigenvalue weighted by Gasteiger charge is -2.23. The predicted octanol–water partition coefficient (Wildman–Crippen LogP) is 2.17. The molecule has 0 aromatic carbocycles. The Labute approximate surface area is 98.4 Å². The highest BCUT2D eigenvalue weighted by Crippen LogP contribution is 2.38. The summed E-state index contributed by atoms with van der Waals surface area (Å²) >= 11 is 1.15. The number of carbonyl (C=O) groups excluding carboxylic acids is 1. The Morgan fingerprint density at radius 2 is 2.25 bits per heavy atom. The quantitative estimate of drug-likeness (QED) is 0.607. The Balaban J connectivity index is 3.13. The van der Waals surface area contributed by atoms with E-state index in [0.717, 1.165) is 28.3 Å². The van der Waals surface area contributed by atoms with E-state index in [1.54, 1.807) is 0 Å². The number of methoxy groups -OCH3 is 1. The molecule has 0 saturated heterocycles. The van der Waals surface area contributed by atoms with Gasteiger partial charge in [0.15, 0.2) is 5.12 Å². The highest BCUT2D eigenvalue weighted by molar-refractivity contribution is 8.17. The molecular weight excluding hydrogens is 228 g/mol. The van der Waals surface area contributed by atoms with Crippen LogP contribution in [0, 0.1) is 5.92 Å². The number of hydrogen-bond donors (Lipinski definition) is 1. The average molecular weight is 242 g/mol. The molecule has 1 rings (SSSR count). The predicted molar refractivity (Wildman–Crippen MR) is 61.8 cm³/mol. The van der Waals surface area contributed by atoms with Crippen molar-refractivity contribution < 1.29 is 19.4 Å². The first-order chi connectivity index (χ1) is 7.45. The van der Waals surface area contributed by atoms with Gasteiger partial charge in [0.2, 0.25) is 0 Å². The van der Waals surface area contributed by atoms with Crippen molar-refractivity contribution in [2.24, 2.45) is 5.92 Å². The molecular formula is C11H14O4S. The van der Waals surface area contributed by atoms with Gasteiger partial charge in [-0.3, -0.25) is 4.79 Å². The molecule has 1 aliphatic rings. The molecule has 16 heavy (non-hydrogen) atoms. The van der Waals surface area contributed by atoms with Crippen LogP contribution < -0.4 is 0 Å². The van der Waals surface area contributed by atoms with Crippen LogP contribution in [0.5, 0.6) is 0 Å². The van der Waals surface area contributed by atoms with Crippen LogP contribution in [0.3, 0.4) is 0 Å². The Morgan fingerprint density at radius 3 is 2.69 bits per heavy atom. The number of rotatable bonds is 3. The molecule has 4 nitrogen and oxygen atoms in total. The summed E-state index contributed by atoms with van der Waals surface area (Å²) in [7, 11) is 1.43. The van der Waals surface area contributed by atoms with Crippen molar-refractivity contribution in [3.63, 3.8) is 0 Å². The third kappa shape index (κ3) is 2.88. The van der Waals surface area contributed by atoms with E-state index < -0.39 is 5.97 Å². The molecule has 0 amide bonds. The van der Waals surface area contributed by atoms with Gasteiger partial charge in [-0.05, 0) is 17.7 Å². The number of ether oxygens (including phenoxy) is 1. The third-order valence-corrected chi connectivity index (χ3v) is 3.27. The monoisotopic (exact) mass is 242 g/mol. The first kappa shape index (κ1) is 12.8. The summed E-state index contributed by atoms with van der Waals surface area (Å²) in [5, 5.41) is 8.83. The molecule has 1 aliphatic heterocycles. The van der Waals surface area contributed by atoms with Crippen molar-refractivity contribution in [1.82, 2.24) is 0 Å². The van der Waals surface area contributed by atoms with Crippen molar-refractivity contribution in [1.29, 1.82) is 0 Å². The number of carboxylic acid groups (broad SMARTS) is 1. The number of hydrogen-bond acceptors (Lipinski definition) is 4. The number of allylic oxidation sites excluding steroid dienone is 2. The number of thioether (sulfide) groups is 1. The fraction of sp³-hybridized carbons (Fsp3) is 0.455. The Kier molecular flexibility index (Phi) is 4.18. The van der Waals surface area contributed by atoms with Crippen molar-refractivity contribution >= 4 is 22.8 Å². The number of carbonyl (C=O) groups is 2. The molecule has 0 spiro atoms. The van der Waals surface area contributed by atoms with Gasteiger partial charge >= 0.3 is 5.97 Å². The molecule has 5 heteroatoms. The van der Waals surface area contributed by atoms with Crippen molar-refractivity contribution in [3.8, 4) is 0 Å². The first-order valence-corrected chi connectivity index (χ1v) is 5.67. The Morgan fingerprint density at radius 1 is 1.62 bits per heavy atom. The minimum atomic E-state index is -1.05. The molecule has 1 atom stereocenters. The van der Waals surface area contributed by atoms with Gasteiger partial charge in [0.25, 0.3) is 0 Å². The second kappa shape index (κ2) is 5.21. The van der Waals surface area contributed by atoms with Gasteiger partial charge in [-0.15, -0.1) is 0 Å². The van der Waals surface area contributed by atoms with Crippen molar-refractivity contribution in [2.45, 2.75) is 20.3 Å². The highest BCUT2D eigenvalue weighted by Gasteiger charge is 2.26. The summed E-state index contributed by atoms with van der Waals surface area (Å²) in [6.45, 7) is 3.70. The summed E-state index contributed by atoms with van der Waals surface area (Å²) in [6, 6.07) is 0. The maximum absolute atomic E-state index is 11.3. The van der Waals surface area contributed by atoms with E-state index in [-0.39, 0.29) is 11.0 Å². The second-order valence-corrected chi connectivity index (χ2v) is 4.87. The molecule has 0 radical (unpaired) electrons. The maximum atomic E-state index is 11.3.